The average molecular weight is 540 g/mol. The maximum atomic E-state index is 14.3. The highest BCUT2D eigenvalue weighted by atomic mass is 79.9. The van der Waals surface area contributed by atoms with Gasteiger partial charge in [0.15, 0.2) is 11.2 Å². The molecule has 0 aliphatic carbocycles. The van der Waals surface area contributed by atoms with Crippen molar-refractivity contribution in [3.8, 4) is 23.6 Å². The molecule has 0 bridgehead atoms. The molecule has 2 heterocycles. The fourth-order valence-electron chi connectivity index (χ4n) is 5.40. The third-order valence-electron chi connectivity index (χ3n) is 7.06. The molecule has 1 fully saturated rings. The molecule has 1 saturated heterocycles. The van der Waals surface area contributed by atoms with Crippen LogP contribution in [-0.2, 0) is 0 Å². The van der Waals surface area contributed by atoms with E-state index in [4.69, 9.17) is 9.47 Å². The van der Waals surface area contributed by atoms with Crippen molar-refractivity contribution in [1.82, 2.24) is 0 Å². The Morgan fingerprint density at radius 1 is 0.972 bits per heavy atom. The summed E-state index contributed by atoms with van der Waals surface area (Å²) < 4.78 is 11.6. The van der Waals surface area contributed by atoms with E-state index in [2.05, 4.69) is 28.1 Å². The molecule has 2 aliphatic rings. The largest absolute Gasteiger partial charge is 0.497 e. The monoisotopic (exact) mass is 539 g/mol. The topological polar surface area (TPSA) is 86.3 Å². The van der Waals surface area contributed by atoms with Gasteiger partial charge in [0.2, 0.25) is 0 Å². The van der Waals surface area contributed by atoms with Crippen molar-refractivity contribution in [2.45, 2.75) is 18.0 Å². The summed E-state index contributed by atoms with van der Waals surface area (Å²) in [5, 5.41) is 21.1. The lowest BCUT2D eigenvalue weighted by atomic mass is 9.69. The molecule has 0 saturated carbocycles. The molecular weight excluding hydrogens is 518 g/mol. The highest BCUT2D eigenvalue weighted by Crippen LogP contribution is 2.56. The van der Waals surface area contributed by atoms with Crippen molar-refractivity contribution in [3.05, 3.63) is 94.0 Å². The molecule has 178 valence electrons. The number of ether oxygens (including phenoxy) is 2. The van der Waals surface area contributed by atoms with E-state index in [9.17, 15) is 15.3 Å². The van der Waals surface area contributed by atoms with Gasteiger partial charge in [-0.25, -0.2) is 0 Å². The molecule has 5 rings (SSSR count). The van der Waals surface area contributed by atoms with Gasteiger partial charge < -0.3 is 14.4 Å². The van der Waals surface area contributed by atoms with Crippen LogP contribution in [0, 0.1) is 28.1 Å². The zero-order chi connectivity index (χ0) is 25.4. The molecule has 3 aromatic rings. The second-order valence-electron chi connectivity index (χ2n) is 8.80. The van der Waals surface area contributed by atoms with Gasteiger partial charge in [0.05, 0.1) is 32.4 Å². The van der Waals surface area contributed by atoms with Gasteiger partial charge in [-0.15, -0.1) is 0 Å². The number of fused-ring (bicyclic) bond motifs is 3. The van der Waals surface area contributed by atoms with Gasteiger partial charge in [0, 0.05) is 21.6 Å². The lowest BCUT2D eigenvalue weighted by Gasteiger charge is -2.35. The third-order valence-corrected chi connectivity index (χ3v) is 7.56. The number of anilines is 1. The Balaban J connectivity index is 1.77. The van der Waals surface area contributed by atoms with Gasteiger partial charge in [0.25, 0.3) is 0 Å². The van der Waals surface area contributed by atoms with Crippen molar-refractivity contribution in [2.24, 2.45) is 5.41 Å². The molecule has 3 aromatic carbocycles. The summed E-state index contributed by atoms with van der Waals surface area (Å²) in [4.78, 5) is 16.2. The van der Waals surface area contributed by atoms with Crippen molar-refractivity contribution in [1.29, 1.82) is 10.5 Å². The first kappa shape index (κ1) is 23.7. The van der Waals surface area contributed by atoms with Gasteiger partial charge in [0.1, 0.15) is 17.5 Å². The quantitative estimate of drug-likeness (QED) is 0.383. The molecule has 2 aliphatic heterocycles. The van der Waals surface area contributed by atoms with E-state index in [1.54, 1.807) is 44.6 Å². The Morgan fingerprint density at radius 2 is 1.69 bits per heavy atom. The Morgan fingerprint density at radius 3 is 2.36 bits per heavy atom. The van der Waals surface area contributed by atoms with Gasteiger partial charge in [-0.3, -0.25) is 4.79 Å². The molecule has 6 nitrogen and oxygen atoms in total. The summed E-state index contributed by atoms with van der Waals surface area (Å²) in [5.41, 5.74) is 1.38. The van der Waals surface area contributed by atoms with Crippen LogP contribution >= 0.6 is 15.9 Å². The number of Topliss-reactive ketones (excluding diaryl/α,β-unsaturated/α-hetero) is 1. The molecule has 0 unspecified atom stereocenters. The first-order valence-corrected chi connectivity index (χ1v) is 12.2. The van der Waals surface area contributed by atoms with Gasteiger partial charge in [-0.2, -0.15) is 10.5 Å². The third kappa shape index (κ3) is 3.56. The number of hydrogen-bond acceptors (Lipinski definition) is 6. The van der Waals surface area contributed by atoms with Crippen LogP contribution in [0.5, 0.6) is 11.5 Å². The molecule has 7 heteroatoms. The summed E-state index contributed by atoms with van der Waals surface area (Å²) in [7, 11) is 3.14. The fraction of sp³-hybridized carbons (Fsp3) is 0.207. The normalized spacial score (nSPS) is 21.0. The number of ketones is 1. The van der Waals surface area contributed by atoms with Crippen molar-refractivity contribution >= 4 is 33.5 Å². The van der Waals surface area contributed by atoms with Crippen molar-refractivity contribution in [3.63, 3.8) is 0 Å². The van der Waals surface area contributed by atoms with E-state index in [1.165, 1.54) is 0 Å². The molecular formula is C29H22BrN3O3. The second-order valence-corrected chi connectivity index (χ2v) is 9.71. The first-order chi connectivity index (χ1) is 17.5. The van der Waals surface area contributed by atoms with E-state index in [1.807, 2.05) is 53.5 Å². The number of carbonyl (C=O) groups excluding carboxylic acids is 1. The standard InChI is InChI=1S/C29H22BrN3O3/c1-35-22-10-6-18(7-11-22)28(34)27-26(20-4-3-5-23(15-20)36-2)29(16-31,17-32)25-13-8-19-14-21(30)9-12-24(19)33(25)27/h3-15,25-27H,1-2H3/t25-,26-,27+/m1/s1. The van der Waals surface area contributed by atoms with Crippen LogP contribution in [0.2, 0.25) is 0 Å². The lowest BCUT2D eigenvalue weighted by molar-refractivity contribution is 0.0951. The molecule has 0 radical (unpaired) electrons. The van der Waals surface area contributed by atoms with Crippen molar-refractivity contribution in [2.75, 3.05) is 19.1 Å². The Labute approximate surface area is 218 Å². The van der Waals surface area contributed by atoms with Crippen LogP contribution in [0.4, 0.5) is 5.69 Å². The zero-order valence-electron chi connectivity index (χ0n) is 19.7. The second kappa shape index (κ2) is 9.18. The summed E-state index contributed by atoms with van der Waals surface area (Å²) in [6.45, 7) is 0. The fourth-order valence-corrected chi connectivity index (χ4v) is 5.78. The highest BCUT2D eigenvalue weighted by molar-refractivity contribution is 9.10. The summed E-state index contributed by atoms with van der Waals surface area (Å²) in [6.07, 6.45) is 3.79. The van der Waals surface area contributed by atoms with Gasteiger partial charge in [-0.05, 0) is 65.7 Å². The van der Waals surface area contributed by atoms with Gasteiger partial charge in [-0.1, -0.05) is 40.2 Å². The van der Waals surface area contributed by atoms with Crippen LogP contribution in [0.3, 0.4) is 0 Å². The minimum atomic E-state index is -1.51. The van der Waals surface area contributed by atoms with Gasteiger partial charge >= 0.3 is 0 Å². The van der Waals surface area contributed by atoms with Crippen LogP contribution in [0.1, 0.15) is 27.4 Å². The number of nitriles is 2. The predicted octanol–water partition coefficient (Wildman–Crippen LogP) is 5.75. The predicted molar refractivity (Wildman–Crippen MR) is 140 cm³/mol. The summed E-state index contributed by atoms with van der Waals surface area (Å²) >= 11 is 3.52. The summed E-state index contributed by atoms with van der Waals surface area (Å²) in [5.74, 6) is 0.325. The molecule has 36 heavy (non-hydrogen) atoms. The van der Waals surface area contributed by atoms with Crippen molar-refractivity contribution < 1.29 is 14.3 Å². The van der Waals surface area contributed by atoms with E-state index in [0.29, 0.717) is 22.6 Å². The van der Waals surface area contributed by atoms with Crippen LogP contribution in [0.15, 0.2) is 77.3 Å². The number of methoxy groups -OCH3 is 2. The van der Waals surface area contributed by atoms with E-state index < -0.39 is 23.4 Å². The molecule has 0 spiro atoms. The molecule has 0 amide bonds. The van der Waals surface area contributed by atoms with E-state index in [0.717, 1.165) is 15.7 Å². The SMILES string of the molecule is COc1ccc(C(=O)[C@@H]2[C@@H](c3cccc(OC)c3)C(C#N)(C#N)[C@H]3C=Cc4cc(Br)ccc4N23)cc1. The highest BCUT2D eigenvalue weighted by Gasteiger charge is 2.63. The van der Waals surface area contributed by atoms with Crippen LogP contribution in [-0.4, -0.2) is 32.1 Å². The molecule has 3 atom stereocenters. The number of rotatable bonds is 5. The molecule has 0 aromatic heterocycles. The number of benzene rings is 3. The Bertz CT molecular complexity index is 1440. The number of hydrogen-bond donors (Lipinski definition) is 0. The minimum Gasteiger partial charge on any atom is -0.497 e. The number of halogens is 1. The maximum Gasteiger partial charge on any atom is 0.185 e. The number of nitrogens with zero attached hydrogens (tertiary/aromatic N) is 3. The smallest absolute Gasteiger partial charge is 0.185 e. The zero-order valence-corrected chi connectivity index (χ0v) is 21.3. The van der Waals surface area contributed by atoms with E-state index in [-0.39, 0.29) is 5.78 Å². The Kier molecular flexibility index (Phi) is 6.04. The molecule has 0 N–H and O–H groups in total. The van der Waals surface area contributed by atoms with E-state index >= 15 is 0 Å². The first-order valence-electron chi connectivity index (χ1n) is 11.4. The summed E-state index contributed by atoms with van der Waals surface area (Å²) in [6, 6.07) is 23.3. The lowest BCUT2D eigenvalue weighted by Crippen LogP contribution is -2.44. The Hall–Kier alpha value is -4.07. The maximum absolute atomic E-state index is 14.3. The van der Waals surface area contributed by atoms with Crippen LogP contribution < -0.4 is 14.4 Å². The minimum absolute atomic E-state index is 0.174. The average Bonchev–Trinajstić information content (AvgIpc) is 3.23. The number of carbonyl (C=O) groups is 1. The van der Waals surface area contributed by atoms with Crippen LogP contribution in [0.25, 0.3) is 6.08 Å².